The lowest BCUT2D eigenvalue weighted by atomic mass is 10.2. The summed E-state index contributed by atoms with van der Waals surface area (Å²) in [6, 6.07) is 12.2. The molecule has 1 fully saturated rings. The normalized spacial score (nSPS) is 20.2. The van der Waals surface area contributed by atoms with Crippen LogP contribution in [0.2, 0.25) is 0 Å². The molecule has 0 spiro atoms. The van der Waals surface area contributed by atoms with Gasteiger partial charge in [0.15, 0.2) is 9.84 Å². The standard InChI is InChI=1S/C17H23N3O2S/c1-2-10-19(16-9-12-23(21,22)13-16)14-20-11-8-17(18-20)15-6-4-3-5-7-15/h3-8,11,16H,2,9-10,12-14H2,1H3/t16-/m1/s1. The topological polar surface area (TPSA) is 55.2 Å². The Kier molecular flexibility index (Phi) is 4.82. The summed E-state index contributed by atoms with van der Waals surface area (Å²) in [6.07, 6.45) is 3.70. The van der Waals surface area contributed by atoms with Gasteiger partial charge in [0.05, 0.1) is 23.9 Å². The molecule has 0 bridgehead atoms. The Bertz CT molecular complexity index is 740. The van der Waals surface area contributed by atoms with Gasteiger partial charge < -0.3 is 0 Å². The van der Waals surface area contributed by atoms with Crippen molar-refractivity contribution in [3.8, 4) is 11.3 Å². The molecule has 0 saturated carbocycles. The zero-order valence-electron chi connectivity index (χ0n) is 13.4. The molecule has 3 rings (SSSR count). The summed E-state index contributed by atoms with van der Waals surface area (Å²) in [5.74, 6) is 0.589. The first-order valence-electron chi connectivity index (χ1n) is 8.11. The molecule has 1 saturated heterocycles. The molecule has 2 aromatic rings. The lowest BCUT2D eigenvalue weighted by Crippen LogP contribution is -2.38. The minimum absolute atomic E-state index is 0.115. The zero-order valence-corrected chi connectivity index (χ0v) is 14.2. The van der Waals surface area contributed by atoms with Gasteiger partial charge in [0.25, 0.3) is 0 Å². The molecule has 1 atom stereocenters. The van der Waals surface area contributed by atoms with Crippen LogP contribution >= 0.6 is 0 Å². The van der Waals surface area contributed by atoms with E-state index in [1.54, 1.807) is 0 Å². The highest BCUT2D eigenvalue weighted by Crippen LogP contribution is 2.20. The van der Waals surface area contributed by atoms with Gasteiger partial charge in [-0.05, 0) is 25.5 Å². The quantitative estimate of drug-likeness (QED) is 0.814. The van der Waals surface area contributed by atoms with Crippen LogP contribution in [0.3, 0.4) is 0 Å². The number of aromatic nitrogens is 2. The first kappa shape index (κ1) is 16.2. The maximum Gasteiger partial charge on any atom is 0.151 e. The van der Waals surface area contributed by atoms with E-state index in [4.69, 9.17) is 0 Å². The van der Waals surface area contributed by atoms with Gasteiger partial charge in [-0.2, -0.15) is 5.10 Å². The van der Waals surface area contributed by atoms with Crippen LogP contribution in [0.4, 0.5) is 0 Å². The van der Waals surface area contributed by atoms with Crippen LogP contribution in [0, 0.1) is 0 Å². The molecule has 0 N–H and O–H groups in total. The summed E-state index contributed by atoms with van der Waals surface area (Å²) < 4.78 is 25.4. The molecule has 0 radical (unpaired) electrons. The molecule has 5 nitrogen and oxygen atoms in total. The summed E-state index contributed by atoms with van der Waals surface area (Å²) in [5.41, 5.74) is 2.04. The minimum atomic E-state index is -2.86. The molecule has 0 unspecified atom stereocenters. The molecule has 2 heterocycles. The van der Waals surface area contributed by atoms with E-state index in [2.05, 4.69) is 16.9 Å². The second-order valence-corrected chi connectivity index (χ2v) is 8.35. The highest BCUT2D eigenvalue weighted by molar-refractivity contribution is 7.91. The average Bonchev–Trinajstić information content (AvgIpc) is 3.14. The van der Waals surface area contributed by atoms with Crippen molar-refractivity contribution in [2.45, 2.75) is 32.5 Å². The fourth-order valence-corrected chi connectivity index (χ4v) is 4.87. The maximum absolute atomic E-state index is 11.7. The van der Waals surface area contributed by atoms with Gasteiger partial charge in [-0.15, -0.1) is 0 Å². The van der Waals surface area contributed by atoms with Crippen molar-refractivity contribution in [3.05, 3.63) is 42.6 Å². The second-order valence-electron chi connectivity index (χ2n) is 6.12. The van der Waals surface area contributed by atoms with Gasteiger partial charge in [-0.1, -0.05) is 37.3 Å². The molecule has 1 aliphatic rings. The van der Waals surface area contributed by atoms with Gasteiger partial charge >= 0.3 is 0 Å². The van der Waals surface area contributed by atoms with E-state index in [0.717, 1.165) is 30.6 Å². The van der Waals surface area contributed by atoms with E-state index >= 15 is 0 Å². The fourth-order valence-electron chi connectivity index (χ4n) is 3.11. The van der Waals surface area contributed by atoms with Gasteiger partial charge in [-0.25, -0.2) is 8.42 Å². The van der Waals surface area contributed by atoms with Crippen molar-refractivity contribution in [2.75, 3.05) is 18.1 Å². The monoisotopic (exact) mass is 333 g/mol. The smallest absolute Gasteiger partial charge is 0.151 e. The third-order valence-corrected chi connectivity index (χ3v) is 6.02. The number of sulfone groups is 1. The van der Waals surface area contributed by atoms with Crippen molar-refractivity contribution in [1.29, 1.82) is 0 Å². The van der Waals surface area contributed by atoms with E-state index in [0.29, 0.717) is 12.4 Å². The third-order valence-electron chi connectivity index (χ3n) is 4.27. The number of nitrogens with zero attached hydrogens (tertiary/aromatic N) is 3. The van der Waals surface area contributed by atoms with Crippen LogP contribution in [0.25, 0.3) is 11.3 Å². The van der Waals surface area contributed by atoms with Crippen LogP contribution < -0.4 is 0 Å². The Morgan fingerprint density at radius 3 is 2.70 bits per heavy atom. The summed E-state index contributed by atoms with van der Waals surface area (Å²) in [7, 11) is -2.86. The number of hydrogen-bond acceptors (Lipinski definition) is 4. The zero-order chi connectivity index (χ0) is 16.3. The Labute approximate surface area is 137 Å². The van der Waals surface area contributed by atoms with Crippen molar-refractivity contribution in [2.24, 2.45) is 0 Å². The molecule has 6 heteroatoms. The maximum atomic E-state index is 11.7. The van der Waals surface area contributed by atoms with Crippen molar-refractivity contribution < 1.29 is 8.42 Å². The van der Waals surface area contributed by atoms with Crippen molar-refractivity contribution in [3.63, 3.8) is 0 Å². The number of hydrogen-bond donors (Lipinski definition) is 0. The predicted molar refractivity (Wildman–Crippen MR) is 91.7 cm³/mol. The van der Waals surface area contributed by atoms with E-state index in [-0.39, 0.29) is 11.8 Å². The molecule has 23 heavy (non-hydrogen) atoms. The molecule has 1 aliphatic heterocycles. The molecule has 124 valence electrons. The van der Waals surface area contributed by atoms with E-state index in [1.165, 1.54) is 0 Å². The fraction of sp³-hybridized carbons (Fsp3) is 0.471. The van der Waals surface area contributed by atoms with Gasteiger partial charge in [0, 0.05) is 17.8 Å². The van der Waals surface area contributed by atoms with Crippen LogP contribution in [0.5, 0.6) is 0 Å². The molecule has 0 aliphatic carbocycles. The molecule has 1 aromatic carbocycles. The summed E-state index contributed by atoms with van der Waals surface area (Å²) in [6.45, 7) is 3.65. The van der Waals surface area contributed by atoms with Crippen molar-refractivity contribution in [1.82, 2.24) is 14.7 Å². The van der Waals surface area contributed by atoms with Crippen LogP contribution in [-0.2, 0) is 16.5 Å². The summed E-state index contributed by atoms with van der Waals surface area (Å²) in [5, 5.41) is 4.64. The lowest BCUT2D eigenvalue weighted by Gasteiger charge is -2.27. The largest absolute Gasteiger partial charge is 0.280 e. The molecular weight excluding hydrogens is 310 g/mol. The number of rotatable bonds is 6. The highest BCUT2D eigenvalue weighted by atomic mass is 32.2. The summed E-state index contributed by atoms with van der Waals surface area (Å²) in [4.78, 5) is 2.24. The Morgan fingerprint density at radius 1 is 1.26 bits per heavy atom. The lowest BCUT2D eigenvalue weighted by molar-refractivity contribution is 0.157. The van der Waals surface area contributed by atoms with E-state index < -0.39 is 9.84 Å². The van der Waals surface area contributed by atoms with Crippen molar-refractivity contribution >= 4 is 9.84 Å². The third kappa shape index (κ3) is 4.00. The molecule has 0 amide bonds. The van der Waals surface area contributed by atoms with E-state index in [1.807, 2.05) is 47.3 Å². The Morgan fingerprint density at radius 2 is 2.04 bits per heavy atom. The van der Waals surface area contributed by atoms with Crippen LogP contribution in [0.1, 0.15) is 19.8 Å². The first-order chi connectivity index (χ1) is 11.1. The highest BCUT2D eigenvalue weighted by Gasteiger charge is 2.32. The van der Waals surface area contributed by atoms with Gasteiger partial charge in [-0.3, -0.25) is 9.58 Å². The Hall–Kier alpha value is -1.66. The van der Waals surface area contributed by atoms with Crippen LogP contribution in [0.15, 0.2) is 42.6 Å². The first-order valence-corrected chi connectivity index (χ1v) is 9.93. The van der Waals surface area contributed by atoms with E-state index in [9.17, 15) is 8.42 Å². The summed E-state index contributed by atoms with van der Waals surface area (Å²) >= 11 is 0. The minimum Gasteiger partial charge on any atom is -0.280 e. The molecular formula is C17H23N3O2S. The molecule has 1 aromatic heterocycles. The SMILES string of the molecule is CCCN(Cn1ccc(-c2ccccc2)n1)[C@@H]1CCS(=O)(=O)C1. The predicted octanol–water partition coefficient (Wildman–Crippen LogP) is 2.41. The number of benzene rings is 1. The van der Waals surface area contributed by atoms with Gasteiger partial charge in [0.2, 0.25) is 0 Å². The average molecular weight is 333 g/mol. The van der Waals surface area contributed by atoms with Crippen LogP contribution in [-0.4, -0.2) is 47.2 Å². The van der Waals surface area contributed by atoms with Gasteiger partial charge in [0.1, 0.15) is 0 Å². The second kappa shape index (κ2) is 6.84. The Balaban J connectivity index is 1.72.